The van der Waals surface area contributed by atoms with Crippen LogP contribution in [-0.2, 0) is 16.3 Å². The van der Waals surface area contributed by atoms with Crippen LogP contribution in [0.3, 0.4) is 0 Å². The van der Waals surface area contributed by atoms with Crippen LogP contribution >= 0.6 is 11.6 Å². The molecule has 2 aliphatic heterocycles. The second-order valence-corrected chi connectivity index (χ2v) is 13.2. The Labute approximate surface area is 239 Å². The molecule has 3 N–H and O–H groups in total. The number of hydrogen-bond donors (Lipinski definition) is 3. The molecule has 3 aromatic rings. The van der Waals surface area contributed by atoms with Gasteiger partial charge in [0.15, 0.2) is 15.7 Å². The van der Waals surface area contributed by atoms with Crippen molar-refractivity contribution >= 4 is 50.5 Å². The van der Waals surface area contributed by atoms with Crippen LogP contribution in [0.25, 0.3) is 0 Å². The average Bonchev–Trinajstić information content (AvgIpc) is 3.32. The minimum absolute atomic E-state index is 0.0174. The number of sulfone groups is 1. The van der Waals surface area contributed by atoms with E-state index in [4.69, 9.17) is 16.3 Å². The molecule has 10 nitrogen and oxygen atoms in total. The zero-order chi connectivity index (χ0) is 28.6. The minimum atomic E-state index is -3.55. The highest BCUT2D eigenvalue weighted by Gasteiger charge is 2.32. The number of hydrogen-bond acceptors (Lipinski definition) is 9. The number of piperazine rings is 1. The van der Waals surface area contributed by atoms with Crippen molar-refractivity contribution in [1.82, 2.24) is 20.2 Å². The van der Waals surface area contributed by atoms with Crippen LogP contribution in [0.4, 0.5) is 23.1 Å². The van der Waals surface area contributed by atoms with Crippen molar-refractivity contribution in [2.24, 2.45) is 0 Å². The minimum Gasteiger partial charge on any atom is -0.488 e. The maximum Gasteiger partial charge on any atom is 0.254 e. The van der Waals surface area contributed by atoms with Gasteiger partial charge in [0.05, 0.1) is 27.7 Å². The Morgan fingerprint density at radius 3 is 2.62 bits per heavy atom. The molecular weight excluding hydrogens is 552 g/mol. The molecular formula is C28H33ClN6O4S. The van der Waals surface area contributed by atoms with E-state index in [1.54, 1.807) is 38.1 Å². The number of para-hydroxylation sites is 1. The summed E-state index contributed by atoms with van der Waals surface area (Å²) < 4.78 is 32.0. The molecule has 3 heterocycles. The first kappa shape index (κ1) is 28.1. The number of ether oxygens (including phenoxy) is 1. The van der Waals surface area contributed by atoms with Gasteiger partial charge in [-0.15, -0.1) is 0 Å². The van der Waals surface area contributed by atoms with Gasteiger partial charge in [-0.3, -0.25) is 4.79 Å². The van der Waals surface area contributed by atoms with Crippen molar-refractivity contribution in [3.8, 4) is 5.75 Å². The molecule has 0 radical (unpaired) electrons. The molecule has 212 valence electrons. The predicted octanol–water partition coefficient (Wildman–Crippen LogP) is 4.48. The van der Waals surface area contributed by atoms with E-state index in [1.165, 1.54) is 6.20 Å². The molecule has 1 saturated heterocycles. The molecule has 0 spiro atoms. The lowest BCUT2D eigenvalue weighted by molar-refractivity contribution is 0.0734. The summed E-state index contributed by atoms with van der Waals surface area (Å²) in [6.07, 6.45) is 1.97. The molecule has 2 aliphatic rings. The number of fused-ring (bicyclic) bond motifs is 1. The SMILES string of the molecule is Cc1cc(Nc2ncc(Cl)c(Nc3ccccc3S(=O)(=O)C(C)C)n2)c2c(c1C(=O)N1CCNCC1)C[C@H](C)O2. The number of aromatic nitrogens is 2. The van der Waals surface area contributed by atoms with E-state index in [0.29, 0.717) is 42.2 Å². The van der Waals surface area contributed by atoms with E-state index in [0.717, 1.165) is 24.2 Å². The van der Waals surface area contributed by atoms with Crippen molar-refractivity contribution in [1.29, 1.82) is 0 Å². The summed E-state index contributed by atoms with van der Waals surface area (Å²) in [5.41, 5.74) is 3.41. The number of anilines is 4. The van der Waals surface area contributed by atoms with Gasteiger partial charge in [-0.05, 0) is 51.5 Å². The predicted molar refractivity (Wildman–Crippen MR) is 156 cm³/mol. The number of benzene rings is 2. The van der Waals surface area contributed by atoms with Gasteiger partial charge in [0.25, 0.3) is 5.91 Å². The number of aryl methyl sites for hydroxylation is 1. The number of nitrogens with one attached hydrogen (secondary N) is 3. The Bertz CT molecular complexity index is 1560. The lowest BCUT2D eigenvalue weighted by Gasteiger charge is -2.29. The second kappa shape index (κ2) is 11.2. The Morgan fingerprint density at radius 2 is 1.90 bits per heavy atom. The monoisotopic (exact) mass is 584 g/mol. The summed E-state index contributed by atoms with van der Waals surface area (Å²) in [6, 6.07) is 8.52. The largest absolute Gasteiger partial charge is 0.488 e. The number of nitrogens with zero attached hydrogens (tertiary/aromatic N) is 3. The fourth-order valence-electron chi connectivity index (χ4n) is 4.98. The van der Waals surface area contributed by atoms with E-state index in [-0.39, 0.29) is 33.7 Å². The zero-order valence-corrected chi connectivity index (χ0v) is 24.5. The Hall–Kier alpha value is -3.41. The fraction of sp³-hybridized carbons (Fsp3) is 0.393. The maximum atomic E-state index is 13.5. The number of carbonyl (C=O) groups is 1. The molecule has 1 fully saturated rings. The maximum absolute atomic E-state index is 13.5. The summed E-state index contributed by atoms with van der Waals surface area (Å²) in [7, 11) is -3.55. The molecule has 2 aromatic carbocycles. The molecule has 1 amide bonds. The van der Waals surface area contributed by atoms with Crippen molar-refractivity contribution in [3.05, 3.63) is 58.2 Å². The standard InChI is InChI=1S/C28H33ClN6O4S/c1-16(2)40(37,38)23-8-6-5-7-21(23)32-26-20(29)15-31-28(34-26)33-22-13-17(3)24(19-14-18(4)39-25(19)22)27(36)35-11-9-30-10-12-35/h5-8,13,15-16,18,30H,9-12,14H2,1-4H3,(H2,31,32,33,34)/t18-/m0/s1. The molecule has 0 bridgehead atoms. The first-order valence-electron chi connectivity index (χ1n) is 13.3. The Balaban J connectivity index is 1.47. The van der Waals surface area contributed by atoms with Crippen molar-refractivity contribution in [2.45, 2.75) is 50.4 Å². The van der Waals surface area contributed by atoms with Crippen molar-refractivity contribution < 1.29 is 17.9 Å². The summed E-state index contributed by atoms with van der Waals surface area (Å²) in [5.74, 6) is 1.11. The van der Waals surface area contributed by atoms with E-state index >= 15 is 0 Å². The van der Waals surface area contributed by atoms with E-state index in [9.17, 15) is 13.2 Å². The fourth-order valence-corrected chi connectivity index (χ4v) is 6.32. The molecule has 40 heavy (non-hydrogen) atoms. The van der Waals surface area contributed by atoms with Crippen LogP contribution in [0.15, 0.2) is 41.4 Å². The quantitative estimate of drug-likeness (QED) is 0.368. The lowest BCUT2D eigenvalue weighted by atomic mass is 9.96. The van der Waals surface area contributed by atoms with Gasteiger partial charge < -0.3 is 25.6 Å². The molecule has 0 unspecified atom stereocenters. The van der Waals surface area contributed by atoms with Crippen molar-refractivity contribution in [3.63, 3.8) is 0 Å². The number of rotatable bonds is 7. The second-order valence-electron chi connectivity index (χ2n) is 10.3. The van der Waals surface area contributed by atoms with Gasteiger partial charge in [-0.25, -0.2) is 13.4 Å². The molecule has 0 saturated carbocycles. The van der Waals surface area contributed by atoms with E-state index < -0.39 is 15.1 Å². The van der Waals surface area contributed by atoms with Crippen LogP contribution in [-0.4, -0.2) is 66.7 Å². The van der Waals surface area contributed by atoms with Gasteiger partial charge in [-0.1, -0.05) is 23.7 Å². The average molecular weight is 585 g/mol. The third kappa shape index (κ3) is 5.45. The first-order valence-corrected chi connectivity index (χ1v) is 15.2. The van der Waals surface area contributed by atoms with Crippen LogP contribution in [0, 0.1) is 6.92 Å². The molecule has 1 atom stereocenters. The lowest BCUT2D eigenvalue weighted by Crippen LogP contribution is -2.46. The molecule has 5 rings (SSSR count). The number of halogens is 1. The highest BCUT2D eigenvalue weighted by Crippen LogP contribution is 2.42. The molecule has 0 aliphatic carbocycles. The topological polar surface area (TPSA) is 126 Å². The van der Waals surface area contributed by atoms with Crippen LogP contribution in [0.1, 0.15) is 42.3 Å². The highest BCUT2D eigenvalue weighted by molar-refractivity contribution is 7.92. The van der Waals surface area contributed by atoms with Gasteiger partial charge in [0.2, 0.25) is 5.95 Å². The van der Waals surface area contributed by atoms with E-state index in [2.05, 4.69) is 25.9 Å². The smallest absolute Gasteiger partial charge is 0.254 e. The number of carbonyl (C=O) groups excluding carboxylic acids is 1. The van der Waals surface area contributed by atoms with Gasteiger partial charge in [0, 0.05) is 43.7 Å². The Morgan fingerprint density at radius 1 is 1.18 bits per heavy atom. The number of amides is 1. The van der Waals surface area contributed by atoms with Crippen LogP contribution in [0.2, 0.25) is 5.02 Å². The van der Waals surface area contributed by atoms with Crippen LogP contribution in [0.5, 0.6) is 5.75 Å². The summed E-state index contributed by atoms with van der Waals surface area (Å²) in [6.45, 7) is 10.1. The Kier molecular flexibility index (Phi) is 7.89. The third-order valence-electron chi connectivity index (χ3n) is 7.06. The van der Waals surface area contributed by atoms with Crippen LogP contribution < -0.4 is 20.7 Å². The zero-order valence-electron chi connectivity index (χ0n) is 22.9. The van der Waals surface area contributed by atoms with E-state index in [1.807, 2.05) is 24.8 Å². The third-order valence-corrected chi connectivity index (χ3v) is 9.55. The highest BCUT2D eigenvalue weighted by atomic mass is 35.5. The molecule has 1 aromatic heterocycles. The van der Waals surface area contributed by atoms with Gasteiger partial charge in [-0.2, -0.15) is 4.98 Å². The first-order chi connectivity index (χ1) is 19.1. The molecule has 12 heteroatoms. The summed E-state index contributed by atoms with van der Waals surface area (Å²) in [5, 5.41) is 9.22. The van der Waals surface area contributed by atoms with Gasteiger partial charge in [0.1, 0.15) is 16.9 Å². The summed E-state index contributed by atoms with van der Waals surface area (Å²) in [4.78, 5) is 24.4. The summed E-state index contributed by atoms with van der Waals surface area (Å²) >= 11 is 6.41. The van der Waals surface area contributed by atoms with Crippen molar-refractivity contribution in [2.75, 3.05) is 36.8 Å². The van der Waals surface area contributed by atoms with Gasteiger partial charge >= 0.3 is 0 Å². The normalized spacial score (nSPS) is 16.9.